The minimum atomic E-state index is -0.397. The summed E-state index contributed by atoms with van der Waals surface area (Å²) >= 11 is 0. The number of aryl methyl sites for hydroxylation is 3. The van der Waals surface area contributed by atoms with Gasteiger partial charge in [0.2, 0.25) is 0 Å². The molecule has 14 rings (SSSR count). The average Bonchev–Trinajstić information content (AvgIpc) is 0.806. The van der Waals surface area contributed by atoms with E-state index in [0.717, 1.165) is 94.9 Å². The van der Waals surface area contributed by atoms with Gasteiger partial charge >= 0.3 is 0 Å². The zero-order chi connectivity index (χ0) is 63.3. The maximum Gasteiger partial charge on any atom is 0.123 e. The molecule has 4 aromatic heterocycles. The molecule has 2 aliphatic carbocycles. The molecule has 1 atom stereocenters. The SMILES string of the molecule is Cc1cc(-c2[c-]cccc2)ncc1-c1ccc(F)cc1.[2H]c1c([2H])c([2H])c(-c2cnc(-c3[c-]cc4ccccc4c3)cc2C)c([2H])c1[2H].[2H]c1c([2H])c([2H])c(-c2cnc(-c3[c-]ccc4ccccc34)cc2C)c([2H])c1[2H].[C-]1=CC=CC2CC=c3cccnc3=C12.[Ir].[Ir].[Ir]. The van der Waals surface area contributed by atoms with Crippen LogP contribution in [0.4, 0.5) is 4.39 Å². The Labute approximate surface area is 540 Å². The van der Waals surface area contributed by atoms with Gasteiger partial charge in [-0.25, -0.2) is 4.39 Å². The molecule has 0 saturated carbocycles. The number of halogens is 1. The summed E-state index contributed by atoms with van der Waals surface area (Å²) in [5.41, 5.74) is 12.3. The van der Waals surface area contributed by atoms with Crippen LogP contribution in [-0.2, 0) is 60.3 Å². The fourth-order valence-corrected chi connectivity index (χ4v) is 9.56. The first kappa shape index (κ1) is 48.5. The van der Waals surface area contributed by atoms with Crippen molar-refractivity contribution in [2.75, 3.05) is 0 Å². The van der Waals surface area contributed by atoms with Crippen molar-refractivity contribution < 1.29 is 78.4 Å². The molecule has 0 fully saturated rings. The van der Waals surface area contributed by atoms with Crippen LogP contribution in [0.1, 0.15) is 36.8 Å². The summed E-state index contributed by atoms with van der Waals surface area (Å²) in [7, 11) is 0. The van der Waals surface area contributed by atoms with Crippen LogP contribution in [0.2, 0.25) is 0 Å². The maximum atomic E-state index is 13.0. The van der Waals surface area contributed by atoms with Crippen molar-refractivity contribution in [1.29, 1.82) is 0 Å². The molecule has 1 unspecified atom stereocenters. The van der Waals surface area contributed by atoms with Crippen LogP contribution in [0.25, 0.3) is 100 Å². The zero-order valence-corrected chi connectivity index (χ0v) is 52.2. The van der Waals surface area contributed by atoms with Crippen molar-refractivity contribution in [2.45, 2.75) is 27.2 Å². The van der Waals surface area contributed by atoms with Gasteiger partial charge in [-0.15, -0.1) is 106 Å². The van der Waals surface area contributed by atoms with Gasteiger partial charge in [0.15, 0.2) is 0 Å². The number of hydrogen-bond acceptors (Lipinski definition) is 4. The van der Waals surface area contributed by atoms with E-state index in [-0.39, 0.29) is 126 Å². The van der Waals surface area contributed by atoms with Crippen molar-refractivity contribution in [3.8, 4) is 67.2 Å². The molecule has 8 heteroatoms. The van der Waals surface area contributed by atoms with E-state index in [1.807, 2.05) is 161 Å². The number of aromatic nitrogens is 4. The summed E-state index contributed by atoms with van der Waals surface area (Å²) in [4.78, 5) is 17.9. The monoisotopic (exact) mass is 1620 g/mol. The van der Waals surface area contributed by atoms with Gasteiger partial charge < -0.3 is 19.9 Å². The summed E-state index contributed by atoms with van der Waals surface area (Å²) < 4.78 is 92.7. The number of nitrogens with zero attached hydrogens (tertiary/aromatic N) is 4. The number of pyridine rings is 4. The number of hydrogen-bond donors (Lipinski definition) is 0. The number of allylic oxidation sites excluding steroid dienone is 4. The van der Waals surface area contributed by atoms with Crippen LogP contribution in [-0.4, -0.2) is 19.9 Å². The Morgan fingerprint density at radius 3 is 1.76 bits per heavy atom. The Kier molecular flexibility index (Phi) is 17.1. The van der Waals surface area contributed by atoms with E-state index >= 15 is 0 Å². The quantitative estimate of drug-likeness (QED) is 0.156. The minimum Gasteiger partial charge on any atom is -0.319 e. The van der Waals surface area contributed by atoms with Crippen molar-refractivity contribution in [1.82, 2.24) is 19.9 Å². The molecule has 413 valence electrons. The fraction of sp³-hybridized carbons (Fsp3) is 0.0667. The molecule has 12 aromatic rings. The third-order valence-corrected chi connectivity index (χ3v) is 13.7. The third kappa shape index (κ3) is 14.8. The molecule has 3 radical (unpaired) electrons. The molecule has 83 heavy (non-hydrogen) atoms. The summed E-state index contributed by atoms with van der Waals surface area (Å²) in [6, 6.07) is 54.5. The van der Waals surface area contributed by atoms with E-state index in [1.54, 1.807) is 24.5 Å². The van der Waals surface area contributed by atoms with Gasteiger partial charge in [-0.05, 0) is 107 Å². The normalized spacial score (nSPS) is 14.0. The Morgan fingerprint density at radius 2 is 1.11 bits per heavy atom. The van der Waals surface area contributed by atoms with E-state index in [0.29, 0.717) is 17.0 Å². The molecule has 4 nitrogen and oxygen atoms in total. The standard InChI is InChI=1S/2C22H16N.C18H13FN.C13H10N.3Ir/c1-16-14-22(23-15-21(16)18-8-3-2-4-9-18)20-13-7-11-17-10-5-6-12-19(17)20;1-16-13-22(23-15-21(16)18-8-3-2-4-9-18)20-12-11-17-7-5-6-10-19(17)14-20;1-13-11-18(15-5-3-2-4-6-15)20-12-17(13)14-7-9-16(19)10-8-14;1-2-6-12-10(4-1)7-8-11-5-3-9-14-13(11)12;;;/h2-12,14-15H,1H3;2-11,13-15H,1H3;2-5,7-12H,1H3;1-5,8-10H,7H2;;;/q4*-1;;;/i2*2D,3D,4D,8D,9D;;;;;. The van der Waals surface area contributed by atoms with Crippen LogP contribution in [0.15, 0.2) is 255 Å². The molecule has 0 bridgehead atoms. The molecule has 0 saturated heterocycles. The van der Waals surface area contributed by atoms with Crippen LogP contribution in [0.5, 0.6) is 0 Å². The van der Waals surface area contributed by atoms with Crippen molar-refractivity contribution in [3.63, 3.8) is 0 Å². The first-order valence-electron chi connectivity index (χ1n) is 31.0. The van der Waals surface area contributed by atoms with Crippen LogP contribution >= 0.6 is 0 Å². The minimum absolute atomic E-state index is 0. The first-order valence-corrected chi connectivity index (χ1v) is 26.0. The van der Waals surface area contributed by atoms with Crippen molar-refractivity contribution in [3.05, 3.63) is 312 Å². The number of benzene rings is 8. The van der Waals surface area contributed by atoms with E-state index in [4.69, 9.17) is 13.7 Å². The number of rotatable bonds is 6. The molecule has 8 aromatic carbocycles. The fourth-order valence-electron chi connectivity index (χ4n) is 9.56. The van der Waals surface area contributed by atoms with Gasteiger partial charge in [0.1, 0.15) is 5.82 Å². The summed E-state index contributed by atoms with van der Waals surface area (Å²) in [5, 5.41) is 6.65. The largest absolute Gasteiger partial charge is 0.319 e. The van der Waals surface area contributed by atoms with Crippen LogP contribution < -0.4 is 10.6 Å². The van der Waals surface area contributed by atoms with E-state index < -0.39 is 12.1 Å². The summed E-state index contributed by atoms with van der Waals surface area (Å²) in [6.45, 7) is 5.74. The van der Waals surface area contributed by atoms with Gasteiger partial charge in [-0.1, -0.05) is 167 Å². The van der Waals surface area contributed by atoms with Gasteiger partial charge in [0.05, 0.1) is 13.7 Å². The molecule has 0 spiro atoms. The Morgan fingerprint density at radius 1 is 0.518 bits per heavy atom. The molecule has 0 aliphatic heterocycles. The van der Waals surface area contributed by atoms with Crippen molar-refractivity contribution in [2.24, 2.45) is 5.92 Å². The Balaban J connectivity index is 0.000000162. The average molecular weight is 1620 g/mol. The van der Waals surface area contributed by atoms with E-state index in [9.17, 15) is 4.39 Å². The van der Waals surface area contributed by atoms with Crippen molar-refractivity contribution >= 4 is 33.2 Å². The topological polar surface area (TPSA) is 51.6 Å². The summed E-state index contributed by atoms with van der Waals surface area (Å²) in [5.74, 6) is 0.261. The number of fused-ring (bicyclic) bond motifs is 4. The second-order valence-electron chi connectivity index (χ2n) is 18.9. The predicted octanol–water partition coefficient (Wildman–Crippen LogP) is 17.0. The second kappa shape index (κ2) is 29.3. The molecule has 2 aliphatic rings. The smallest absolute Gasteiger partial charge is 0.123 e. The van der Waals surface area contributed by atoms with E-state index in [1.165, 1.54) is 22.9 Å². The molecular weight excluding hydrogens is 1550 g/mol. The zero-order valence-electron chi connectivity index (χ0n) is 55.0. The second-order valence-corrected chi connectivity index (χ2v) is 18.9. The predicted molar refractivity (Wildman–Crippen MR) is 327 cm³/mol. The third-order valence-electron chi connectivity index (χ3n) is 13.7. The van der Waals surface area contributed by atoms with Gasteiger partial charge in [0.25, 0.3) is 0 Å². The van der Waals surface area contributed by atoms with Gasteiger partial charge in [-0.3, -0.25) is 0 Å². The first-order chi connectivity index (χ1) is 43.5. The molecule has 4 heterocycles. The van der Waals surface area contributed by atoms with Crippen LogP contribution in [0.3, 0.4) is 0 Å². The van der Waals surface area contributed by atoms with E-state index in [2.05, 4.69) is 68.5 Å². The Hall–Kier alpha value is -8.02. The van der Waals surface area contributed by atoms with Crippen LogP contribution in [0, 0.1) is 56.8 Å². The Bertz CT molecular complexity index is 4890. The molecular formula is C75H55FIr3N4-4. The summed E-state index contributed by atoms with van der Waals surface area (Å²) in [6.07, 6.45) is 19.7. The maximum absolute atomic E-state index is 13.0. The molecule has 0 amide bonds. The van der Waals surface area contributed by atoms with Gasteiger partial charge in [-0.2, -0.15) is 18.2 Å². The molecule has 0 N–H and O–H groups in total. The van der Waals surface area contributed by atoms with Gasteiger partial charge in [0, 0.05) is 102 Å².